The maximum Gasteiger partial charge on any atom is 0.262 e. The topological polar surface area (TPSA) is 88.6 Å². The molecule has 1 aliphatic heterocycles. The first-order valence-corrected chi connectivity index (χ1v) is 8.22. The Morgan fingerprint density at radius 3 is 2.15 bits per heavy atom. The van der Waals surface area contributed by atoms with Gasteiger partial charge in [0.2, 0.25) is 11.8 Å². The van der Waals surface area contributed by atoms with Crippen molar-refractivity contribution in [3.05, 3.63) is 53.7 Å². The normalized spacial score (nSPS) is 14.4. The van der Waals surface area contributed by atoms with Gasteiger partial charge in [0.05, 0.1) is 30.1 Å². The number of hydrogen-bond acceptors (Lipinski definition) is 5. The molecule has 0 saturated carbocycles. The number of rotatable bonds is 5. The third-order valence-electron chi connectivity index (χ3n) is 4.22. The van der Waals surface area contributed by atoms with E-state index in [1.807, 2.05) is 0 Å². The Morgan fingerprint density at radius 2 is 1.69 bits per heavy atom. The van der Waals surface area contributed by atoms with Crippen molar-refractivity contribution >= 4 is 23.4 Å². The van der Waals surface area contributed by atoms with E-state index in [4.69, 9.17) is 4.74 Å². The average molecular weight is 353 g/mol. The van der Waals surface area contributed by atoms with E-state index in [0.717, 1.165) is 4.90 Å². The fourth-order valence-corrected chi connectivity index (χ4v) is 2.97. The number of imide groups is 1. The van der Waals surface area contributed by atoms with E-state index in [1.54, 1.807) is 50.2 Å². The lowest BCUT2D eigenvalue weighted by Gasteiger charge is -2.28. The number of aromatic nitrogens is 1. The largest absolute Gasteiger partial charge is 0.481 e. The fourth-order valence-electron chi connectivity index (χ4n) is 2.97. The molecule has 0 bridgehead atoms. The van der Waals surface area contributed by atoms with Gasteiger partial charge in [0.25, 0.3) is 11.8 Å². The Hall–Kier alpha value is -3.22. The first kappa shape index (κ1) is 17.6. The number of nitrogens with zero attached hydrogens (tertiary/aromatic N) is 2. The van der Waals surface area contributed by atoms with E-state index in [2.05, 4.69) is 10.3 Å². The van der Waals surface area contributed by atoms with Gasteiger partial charge in [-0.05, 0) is 24.1 Å². The third kappa shape index (κ3) is 3.03. The van der Waals surface area contributed by atoms with Crippen molar-refractivity contribution < 1.29 is 19.1 Å². The van der Waals surface area contributed by atoms with Crippen LogP contribution in [0.2, 0.25) is 0 Å². The molecule has 0 radical (unpaired) electrons. The van der Waals surface area contributed by atoms with Crippen LogP contribution >= 0.6 is 0 Å². The number of benzene rings is 1. The number of methoxy groups -OCH3 is 1. The van der Waals surface area contributed by atoms with E-state index >= 15 is 0 Å². The number of ether oxygens (including phenoxy) is 1. The molecule has 26 heavy (non-hydrogen) atoms. The number of carbonyl (C=O) groups is 3. The van der Waals surface area contributed by atoms with Gasteiger partial charge in [-0.3, -0.25) is 19.3 Å². The fraction of sp³-hybridized carbons (Fsp3) is 0.263. The van der Waals surface area contributed by atoms with Crippen molar-refractivity contribution in [2.75, 3.05) is 12.4 Å². The molecule has 134 valence electrons. The van der Waals surface area contributed by atoms with Gasteiger partial charge in [0.15, 0.2) is 0 Å². The van der Waals surface area contributed by atoms with Crippen molar-refractivity contribution in [2.45, 2.75) is 19.9 Å². The number of amides is 3. The van der Waals surface area contributed by atoms with E-state index in [0.29, 0.717) is 22.7 Å². The summed E-state index contributed by atoms with van der Waals surface area (Å²) in [5, 5.41) is 2.72. The second-order valence-corrected chi connectivity index (χ2v) is 6.29. The number of nitrogens with one attached hydrogen (secondary N) is 1. The SMILES string of the molecule is COc1ccc(NC(=O)C(C(C)C)N2C(=O)c3ccccc3C2=O)cn1. The predicted octanol–water partition coefficient (Wildman–Crippen LogP) is 2.35. The lowest BCUT2D eigenvalue weighted by atomic mass is 10.0. The van der Waals surface area contributed by atoms with Crippen molar-refractivity contribution in [1.29, 1.82) is 0 Å². The zero-order valence-electron chi connectivity index (χ0n) is 14.7. The van der Waals surface area contributed by atoms with E-state index in [-0.39, 0.29) is 5.92 Å². The monoisotopic (exact) mass is 353 g/mol. The Labute approximate surface area is 151 Å². The molecule has 3 amide bonds. The Kier molecular flexibility index (Phi) is 4.71. The van der Waals surface area contributed by atoms with Gasteiger partial charge in [0.1, 0.15) is 6.04 Å². The maximum atomic E-state index is 12.8. The summed E-state index contributed by atoms with van der Waals surface area (Å²) in [7, 11) is 1.50. The number of anilines is 1. The highest BCUT2D eigenvalue weighted by Gasteiger charge is 2.43. The maximum absolute atomic E-state index is 12.8. The lowest BCUT2D eigenvalue weighted by Crippen LogP contribution is -2.50. The molecule has 0 fully saturated rings. The molecule has 7 heteroatoms. The number of carbonyl (C=O) groups excluding carboxylic acids is 3. The van der Waals surface area contributed by atoms with Crippen molar-refractivity contribution in [3.8, 4) is 5.88 Å². The molecule has 2 aromatic rings. The molecule has 1 aromatic heterocycles. The third-order valence-corrected chi connectivity index (χ3v) is 4.22. The molecular weight excluding hydrogens is 334 g/mol. The molecule has 1 atom stereocenters. The molecule has 0 saturated heterocycles. The van der Waals surface area contributed by atoms with E-state index in [1.165, 1.54) is 13.3 Å². The molecule has 0 spiro atoms. The van der Waals surface area contributed by atoms with Crippen LogP contribution in [0.15, 0.2) is 42.6 Å². The quantitative estimate of drug-likeness (QED) is 0.834. The van der Waals surface area contributed by atoms with E-state index in [9.17, 15) is 14.4 Å². The van der Waals surface area contributed by atoms with Gasteiger partial charge < -0.3 is 10.1 Å². The summed E-state index contributed by atoms with van der Waals surface area (Å²) in [5.41, 5.74) is 1.10. The lowest BCUT2D eigenvalue weighted by molar-refractivity contribution is -0.121. The van der Waals surface area contributed by atoms with Gasteiger partial charge in [0, 0.05) is 6.07 Å². The zero-order chi connectivity index (χ0) is 18.8. The van der Waals surface area contributed by atoms with Crippen LogP contribution in [0.5, 0.6) is 5.88 Å². The summed E-state index contributed by atoms with van der Waals surface area (Å²) in [5.74, 6) is -1.19. The molecule has 3 rings (SSSR count). The van der Waals surface area contributed by atoms with Gasteiger partial charge in [-0.2, -0.15) is 0 Å². The highest BCUT2D eigenvalue weighted by Crippen LogP contribution is 2.27. The molecule has 7 nitrogen and oxygen atoms in total. The van der Waals surface area contributed by atoms with Crippen LogP contribution in [0.4, 0.5) is 5.69 Å². The number of hydrogen-bond donors (Lipinski definition) is 1. The molecule has 0 aliphatic carbocycles. The van der Waals surface area contributed by atoms with Gasteiger partial charge in [-0.15, -0.1) is 0 Å². The smallest absolute Gasteiger partial charge is 0.262 e. The van der Waals surface area contributed by atoms with Gasteiger partial charge >= 0.3 is 0 Å². The molecular formula is C19H19N3O4. The van der Waals surface area contributed by atoms with Crippen molar-refractivity contribution in [1.82, 2.24) is 9.88 Å². The standard InChI is InChI=1S/C19H19N3O4/c1-11(2)16(17(23)21-12-8-9-15(26-3)20-10-12)22-18(24)13-6-4-5-7-14(13)19(22)25/h4-11,16H,1-3H3,(H,21,23). The van der Waals surface area contributed by atoms with Crippen LogP contribution in [-0.4, -0.2) is 40.8 Å². The molecule has 1 N–H and O–H groups in total. The Morgan fingerprint density at radius 1 is 1.08 bits per heavy atom. The minimum Gasteiger partial charge on any atom is -0.481 e. The molecule has 1 aliphatic rings. The highest BCUT2D eigenvalue weighted by atomic mass is 16.5. The van der Waals surface area contributed by atoms with Gasteiger partial charge in [-0.1, -0.05) is 26.0 Å². The minimum atomic E-state index is -0.926. The minimum absolute atomic E-state index is 0.261. The van der Waals surface area contributed by atoms with Crippen LogP contribution in [0.25, 0.3) is 0 Å². The van der Waals surface area contributed by atoms with E-state index < -0.39 is 23.8 Å². The summed E-state index contributed by atoms with van der Waals surface area (Å²) in [6, 6.07) is 8.91. The number of pyridine rings is 1. The van der Waals surface area contributed by atoms with Crippen LogP contribution in [0.1, 0.15) is 34.6 Å². The first-order chi connectivity index (χ1) is 12.4. The summed E-state index contributed by atoms with van der Waals surface area (Å²) in [6.45, 7) is 3.58. The molecule has 2 heterocycles. The van der Waals surface area contributed by atoms with Crippen LogP contribution in [0.3, 0.4) is 0 Å². The Balaban J connectivity index is 1.86. The Bertz CT molecular complexity index is 826. The van der Waals surface area contributed by atoms with Crippen molar-refractivity contribution in [3.63, 3.8) is 0 Å². The number of fused-ring (bicyclic) bond motifs is 1. The van der Waals surface area contributed by atoms with Crippen molar-refractivity contribution in [2.24, 2.45) is 5.92 Å². The summed E-state index contributed by atoms with van der Waals surface area (Å²) < 4.78 is 4.98. The summed E-state index contributed by atoms with van der Waals surface area (Å²) in [6.07, 6.45) is 1.45. The second-order valence-electron chi connectivity index (χ2n) is 6.29. The second kappa shape index (κ2) is 6.95. The van der Waals surface area contributed by atoms with Crippen LogP contribution in [0, 0.1) is 5.92 Å². The first-order valence-electron chi connectivity index (χ1n) is 8.22. The summed E-state index contributed by atoms with van der Waals surface area (Å²) >= 11 is 0. The van der Waals surface area contributed by atoms with Gasteiger partial charge in [-0.25, -0.2) is 4.98 Å². The predicted molar refractivity (Wildman–Crippen MR) is 95.0 cm³/mol. The van der Waals surface area contributed by atoms with Crippen LogP contribution in [-0.2, 0) is 4.79 Å². The zero-order valence-corrected chi connectivity index (χ0v) is 14.7. The summed E-state index contributed by atoms with van der Waals surface area (Å²) in [4.78, 5) is 43.3. The highest BCUT2D eigenvalue weighted by molar-refractivity contribution is 6.23. The van der Waals surface area contributed by atoms with Crippen LogP contribution < -0.4 is 10.1 Å². The molecule has 1 unspecified atom stereocenters. The average Bonchev–Trinajstić information content (AvgIpc) is 2.88. The molecule has 1 aromatic carbocycles.